The molecule has 1 heterocycles. The maximum atomic E-state index is 13.9. The van der Waals surface area contributed by atoms with E-state index >= 15 is 0 Å². The van der Waals surface area contributed by atoms with Crippen molar-refractivity contribution in [3.8, 4) is 0 Å². The smallest absolute Gasteiger partial charge is 0.219 e. The molecule has 132 valence electrons. The zero-order valence-electron chi connectivity index (χ0n) is 13.1. The summed E-state index contributed by atoms with van der Waals surface area (Å²) in [6.07, 6.45) is -6.04. The van der Waals surface area contributed by atoms with E-state index in [1.54, 1.807) is 6.92 Å². The Morgan fingerprint density at radius 2 is 1.92 bits per heavy atom. The lowest BCUT2D eigenvalue weighted by Crippen LogP contribution is -2.20. The number of aryl methyl sites for hydroxylation is 1. The summed E-state index contributed by atoms with van der Waals surface area (Å²) < 4.78 is 58.2. The zero-order valence-corrected chi connectivity index (χ0v) is 13.1. The van der Waals surface area contributed by atoms with Gasteiger partial charge in [0, 0.05) is 25.3 Å². The summed E-state index contributed by atoms with van der Waals surface area (Å²) in [7, 11) is 0. The molecule has 4 nitrogen and oxygen atoms in total. The highest BCUT2D eigenvalue weighted by molar-refractivity contribution is 5.28. The maximum absolute atomic E-state index is 13.9. The average Bonchev–Trinajstić information content (AvgIpc) is 2.94. The van der Waals surface area contributed by atoms with Gasteiger partial charge in [-0.3, -0.25) is 4.39 Å². The fraction of sp³-hybridized carbons (Fsp3) is 0.500. The molecule has 3 unspecified atom stereocenters. The molecule has 0 spiro atoms. The third-order valence-electron chi connectivity index (χ3n) is 3.56. The second-order valence-corrected chi connectivity index (χ2v) is 5.50. The van der Waals surface area contributed by atoms with Gasteiger partial charge in [0.05, 0.1) is 19.2 Å². The minimum Gasteiger partial charge on any atom is -0.425 e. The van der Waals surface area contributed by atoms with Crippen LogP contribution >= 0.6 is 0 Å². The van der Waals surface area contributed by atoms with E-state index in [-0.39, 0.29) is 24.3 Å². The van der Waals surface area contributed by atoms with Gasteiger partial charge in [0.25, 0.3) is 0 Å². The van der Waals surface area contributed by atoms with Crippen molar-refractivity contribution in [1.82, 2.24) is 10.2 Å². The fourth-order valence-corrected chi connectivity index (χ4v) is 2.31. The van der Waals surface area contributed by atoms with Crippen molar-refractivity contribution in [3.05, 3.63) is 46.9 Å². The molecule has 1 N–H and O–H groups in total. The molecule has 0 saturated carbocycles. The van der Waals surface area contributed by atoms with Gasteiger partial charge in [0.15, 0.2) is 0 Å². The Kier molecular flexibility index (Phi) is 6.30. The first-order chi connectivity index (χ1) is 11.4. The largest absolute Gasteiger partial charge is 0.425 e. The third-order valence-corrected chi connectivity index (χ3v) is 3.56. The molecule has 8 heteroatoms. The number of aromatic nitrogens is 2. The number of aliphatic hydroxyl groups is 1. The monoisotopic (exact) mass is 346 g/mol. The normalized spacial score (nSPS) is 15.2. The number of benzene rings is 1. The molecular weight excluding hydrogens is 328 g/mol. The summed E-state index contributed by atoms with van der Waals surface area (Å²) in [5.41, 5.74) is 0.234. The minimum absolute atomic E-state index is 0.0727. The topological polar surface area (TPSA) is 59.2 Å². The Hall–Kier alpha value is -1.96. The van der Waals surface area contributed by atoms with Crippen molar-refractivity contribution >= 4 is 0 Å². The summed E-state index contributed by atoms with van der Waals surface area (Å²) in [6, 6.07) is 3.64. The van der Waals surface area contributed by atoms with E-state index in [0.29, 0.717) is 11.5 Å². The standard InChI is InChI=1S/C16H18F4N2O2/c1-9-21-22-16(24-9)8-15(23)11-6-10(2-3-12(11)18)7-14(20)13(19)4-5-17/h2-3,6,13-15,23H,4-5,7-8H2,1H3. The Morgan fingerprint density at radius 3 is 2.54 bits per heavy atom. The minimum atomic E-state index is -1.92. The summed E-state index contributed by atoms with van der Waals surface area (Å²) in [5.74, 6) is -0.230. The summed E-state index contributed by atoms with van der Waals surface area (Å²) in [4.78, 5) is 0. The molecule has 1 aromatic heterocycles. The second kappa shape index (κ2) is 8.23. The van der Waals surface area contributed by atoms with Gasteiger partial charge < -0.3 is 9.52 Å². The van der Waals surface area contributed by atoms with Gasteiger partial charge in [0.2, 0.25) is 11.8 Å². The number of hydrogen-bond acceptors (Lipinski definition) is 4. The highest BCUT2D eigenvalue weighted by atomic mass is 19.2. The Labute approximate surface area is 136 Å². The summed E-state index contributed by atoms with van der Waals surface area (Å²) >= 11 is 0. The van der Waals surface area contributed by atoms with Crippen LogP contribution in [0.1, 0.15) is 35.4 Å². The van der Waals surface area contributed by atoms with Crippen molar-refractivity contribution in [1.29, 1.82) is 0 Å². The fourth-order valence-electron chi connectivity index (χ4n) is 2.31. The van der Waals surface area contributed by atoms with Gasteiger partial charge in [-0.15, -0.1) is 10.2 Å². The summed E-state index contributed by atoms with van der Waals surface area (Å²) in [5, 5.41) is 17.4. The lowest BCUT2D eigenvalue weighted by molar-refractivity contribution is 0.148. The molecule has 0 bridgehead atoms. The van der Waals surface area contributed by atoms with Crippen LogP contribution < -0.4 is 0 Å². The number of halogens is 4. The molecule has 0 fully saturated rings. The molecule has 0 radical (unpaired) electrons. The highest BCUT2D eigenvalue weighted by Crippen LogP contribution is 2.24. The maximum Gasteiger partial charge on any atom is 0.219 e. The van der Waals surface area contributed by atoms with Crippen LogP contribution in [-0.2, 0) is 12.8 Å². The van der Waals surface area contributed by atoms with Crippen LogP contribution in [-0.4, -0.2) is 34.3 Å². The molecule has 1 aromatic carbocycles. The predicted molar refractivity (Wildman–Crippen MR) is 78.2 cm³/mol. The Balaban J connectivity index is 2.09. The molecule has 0 saturated heterocycles. The van der Waals surface area contributed by atoms with Gasteiger partial charge in [-0.25, -0.2) is 13.2 Å². The average molecular weight is 346 g/mol. The van der Waals surface area contributed by atoms with E-state index in [9.17, 15) is 22.7 Å². The summed E-state index contributed by atoms with van der Waals surface area (Å²) in [6.45, 7) is 0.634. The molecule has 0 aliphatic heterocycles. The molecule has 24 heavy (non-hydrogen) atoms. The van der Waals surface area contributed by atoms with Crippen LogP contribution in [0.5, 0.6) is 0 Å². The number of rotatable bonds is 8. The first-order valence-corrected chi connectivity index (χ1v) is 7.50. The first-order valence-electron chi connectivity index (χ1n) is 7.50. The number of nitrogens with zero attached hydrogens (tertiary/aromatic N) is 2. The molecule has 0 amide bonds. The van der Waals surface area contributed by atoms with E-state index < -0.39 is 37.4 Å². The van der Waals surface area contributed by atoms with Crippen molar-refractivity contribution in [2.24, 2.45) is 0 Å². The molecule has 3 atom stereocenters. The Bertz CT molecular complexity index is 665. The van der Waals surface area contributed by atoms with E-state index in [2.05, 4.69) is 10.2 Å². The van der Waals surface area contributed by atoms with Gasteiger partial charge in [-0.05, 0) is 11.6 Å². The van der Waals surface area contributed by atoms with Crippen LogP contribution in [0.2, 0.25) is 0 Å². The SMILES string of the molecule is Cc1nnc(CC(O)c2cc(CC(F)C(F)CCF)ccc2F)o1. The molecular formula is C16H18F4N2O2. The molecule has 2 aromatic rings. The molecule has 0 aliphatic rings. The van der Waals surface area contributed by atoms with Crippen LogP contribution in [0.4, 0.5) is 17.6 Å². The van der Waals surface area contributed by atoms with E-state index in [0.717, 1.165) is 6.07 Å². The lowest BCUT2D eigenvalue weighted by Gasteiger charge is -2.15. The quantitative estimate of drug-likeness (QED) is 0.745. The van der Waals surface area contributed by atoms with Crippen molar-refractivity contribution < 1.29 is 27.1 Å². The number of aliphatic hydroxyl groups excluding tert-OH is 1. The van der Waals surface area contributed by atoms with Crippen LogP contribution in [0.25, 0.3) is 0 Å². The number of alkyl halides is 3. The second-order valence-electron chi connectivity index (χ2n) is 5.50. The molecule has 0 aliphatic carbocycles. The lowest BCUT2D eigenvalue weighted by atomic mass is 9.98. The van der Waals surface area contributed by atoms with Crippen molar-refractivity contribution in [3.63, 3.8) is 0 Å². The first kappa shape index (κ1) is 18.4. The third kappa shape index (κ3) is 4.77. The van der Waals surface area contributed by atoms with Gasteiger partial charge in [-0.1, -0.05) is 12.1 Å². The van der Waals surface area contributed by atoms with Gasteiger partial charge in [0.1, 0.15) is 18.2 Å². The van der Waals surface area contributed by atoms with E-state index in [1.165, 1.54) is 12.1 Å². The number of hydrogen-bond donors (Lipinski definition) is 1. The predicted octanol–water partition coefficient (Wildman–Crippen LogP) is 3.37. The van der Waals surface area contributed by atoms with Crippen LogP contribution in [0, 0.1) is 12.7 Å². The highest BCUT2D eigenvalue weighted by Gasteiger charge is 2.22. The van der Waals surface area contributed by atoms with Crippen LogP contribution in [0.15, 0.2) is 22.6 Å². The van der Waals surface area contributed by atoms with Crippen LogP contribution in [0.3, 0.4) is 0 Å². The van der Waals surface area contributed by atoms with Gasteiger partial charge in [-0.2, -0.15) is 0 Å². The van der Waals surface area contributed by atoms with E-state index in [1.807, 2.05) is 0 Å². The Morgan fingerprint density at radius 1 is 1.17 bits per heavy atom. The van der Waals surface area contributed by atoms with Crippen molar-refractivity contribution in [2.45, 2.75) is 44.6 Å². The van der Waals surface area contributed by atoms with E-state index in [4.69, 9.17) is 4.42 Å². The van der Waals surface area contributed by atoms with Crippen molar-refractivity contribution in [2.75, 3.05) is 6.67 Å². The molecule has 2 rings (SSSR count). The zero-order chi connectivity index (χ0) is 17.7. The van der Waals surface area contributed by atoms with Gasteiger partial charge >= 0.3 is 0 Å².